The van der Waals surface area contributed by atoms with Gasteiger partial charge in [-0.1, -0.05) is 0 Å². The number of nitrogens with zero attached hydrogens (tertiary/aromatic N) is 1. The summed E-state index contributed by atoms with van der Waals surface area (Å²) in [4.78, 5) is 18.6. The van der Waals surface area contributed by atoms with Crippen LogP contribution in [0.2, 0.25) is 0 Å². The summed E-state index contributed by atoms with van der Waals surface area (Å²) in [6, 6.07) is 3.83. The molecule has 0 amide bonds. The van der Waals surface area contributed by atoms with Crippen molar-refractivity contribution in [3.05, 3.63) is 34.4 Å². The lowest BCUT2D eigenvalue weighted by atomic mass is 10.3. The van der Waals surface area contributed by atoms with Crippen LogP contribution in [-0.4, -0.2) is 22.6 Å². The van der Waals surface area contributed by atoms with E-state index in [1.54, 1.807) is 0 Å². The average molecular weight is 301 g/mol. The third-order valence-electron chi connectivity index (χ3n) is 1.66. The van der Waals surface area contributed by atoms with Crippen molar-refractivity contribution < 1.29 is 36.6 Å². The molecule has 0 bridgehead atoms. The van der Waals surface area contributed by atoms with E-state index in [-0.39, 0.29) is 11.4 Å². The van der Waals surface area contributed by atoms with Gasteiger partial charge < -0.3 is 4.52 Å². The highest BCUT2D eigenvalue weighted by molar-refractivity contribution is 7.47. The summed E-state index contributed by atoms with van der Waals surface area (Å²) in [5.74, 6) is -0.335. The van der Waals surface area contributed by atoms with Gasteiger partial charge in [0, 0.05) is 12.1 Å². The van der Waals surface area contributed by atoms with E-state index >= 15 is 0 Å². The molecular weight excluding hydrogens is 294 g/mol. The molecule has 1 unspecified atom stereocenters. The van der Waals surface area contributed by atoms with Crippen LogP contribution in [0.1, 0.15) is 0 Å². The zero-order chi connectivity index (χ0) is 14.7. The molecule has 0 saturated carbocycles. The van der Waals surface area contributed by atoms with Crippen LogP contribution < -0.4 is 4.52 Å². The molecular formula is C8H7F3NO6P. The predicted molar refractivity (Wildman–Crippen MR) is 55.6 cm³/mol. The first-order chi connectivity index (χ1) is 8.59. The summed E-state index contributed by atoms with van der Waals surface area (Å²) in [6.45, 7) is -1.95. The Labute approximate surface area is 104 Å². The van der Waals surface area contributed by atoms with Crippen molar-refractivity contribution in [1.29, 1.82) is 0 Å². The van der Waals surface area contributed by atoms with Crippen LogP contribution in [-0.2, 0) is 9.09 Å². The number of phosphoric acid groups is 1. The number of nitro benzene ring substituents is 1. The second-order valence-electron chi connectivity index (χ2n) is 3.20. The Hall–Kier alpha value is -1.64. The maximum Gasteiger partial charge on any atom is 0.527 e. The highest BCUT2D eigenvalue weighted by atomic mass is 31.2. The normalized spacial score (nSPS) is 14.7. The highest BCUT2D eigenvalue weighted by Gasteiger charge is 2.34. The average Bonchev–Trinajstić information content (AvgIpc) is 2.26. The van der Waals surface area contributed by atoms with Crippen molar-refractivity contribution >= 4 is 13.5 Å². The van der Waals surface area contributed by atoms with E-state index in [2.05, 4.69) is 9.05 Å². The predicted octanol–water partition coefficient (Wildman–Crippen LogP) is 2.65. The number of rotatable bonds is 5. The van der Waals surface area contributed by atoms with Gasteiger partial charge in [0.1, 0.15) is 5.75 Å². The SMILES string of the molecule is O=[N+]([O-])c1ccc(OP(=O)(O)OCC(F)(F)F)cc1. The van der Waals surface area contributed by atoms with E-state index < -0.39 is 25.5 Å². The molecule has 0 radical (unpaired) electrons. The Balaban J connectivity index is 2.67. The Kier molecular flexibility index (Phi) is 4.51. The first-order valence-electron chi connectivity index (χ1n) is 4.57. The molecule has 0 fully saturated rings. The lowest BCUT2D eigenvalue weighted by molar-refractivity contribution is -0.384. The second-order valence-corrected chi connectivity index (χ2v) is 4.58. The lowest BCUT2D eigenvalue weighted by Crippen LogP contribution is -2.16. The molecule has 1 aromatic carbocycles. The largest absolute Gasteiger partial charge is 0.527 e. The molecule has 106 valence electrons. The van der Waals surface area contributed by atoms with Crippen LogP contribution >= 0.6 is 7.82 Å². The monoisotopic (exact) mass is 301 g/mol. The Bertz CT molecular complexity index is 502. The molecule has 0 spiro atoms. The third-order valence-corrected chi connectivity index (χ3v) is 2.56. The maximum absolute atomic E-state index is 11.8. The van der Waals surface area contributed by atoms with Gasteiger partial charge in [0.15, 0.2) is 6.61 Å². The third kappa shape index (κ3) is 5.69. The number of halogens is 3. The highest BCUT2D eigenvalue weighted by Crippen LogP contribution is 2.45. The van der Waals surface area contributed by atoms with Crippen molar-refractivity contribution in [3.63, 3.8) is 0 Å². The van der Waals surface area contributed by atoms with Gasteiger partial charge in [0.05, 0.1) is 4.92 Å². The van der Waals surface area contributed by atoms with Gasteiger partial charge in [0.25, 0.3) is 5.69 Å². The van der Waals surface area contributed by atoms with Gasteiger partial charge in [-0.3, -0.25) is 19.5 Å². The number of alkyl halides is 3. The topological polar surface area (TPSA) is 98.9 Å². The van der Waals surface area contributed by atoms with E-state index in [9.17, 15) is 27.9 Å². The van der Waals surface area contributed by atoms with E-state index in [1.807, 2.05) is 0 Å². The van der Waals surface area contributed by atoms with E-state index in [1.165, 1.54) is 0 Å². The van der Waals surface area contributed by atoms with Crippen molar-refractivity contribution in [2.45, 2.75) is 6.18 Å². The fraction of sp³-hybridized carbons (Fsp3) is 0.250. The quantitative estimate of drug-likeness (QED) is 0.510. The van der Waals surface area contributed by atoms with Gasteiger partial charge in [-0.15, -0.1) is 0 Å². The molecule has 1 N–H and O–H groups in total. The minimum atomic E-state index is -4.94. The smallest absolute Gasteiger partial charge is 0.404 e. The molecule has 1 aromatic rings. The Morgan fingerprint density at radius 1 is 1.32 bits per heavy atom. The summed E-state index contributed by atoms with van der Waals surface area (Å²) in [6.07, 6.45) is -4.78. The zero-order valence-electron chi connectivity index (χ0n) is 9.03. The van der Waals surface area contributed by atoms with Crippen molar-refractivity contribution in [3.8, 4) is 5.75 Å². The van der Waals surface area contributed by atoms with Crippen LogP contribution in [0.25, 0.3) is 0 Å². The number of non-ortho nitro benzene ring substituents is 1. The summed E-state index contributed by atoms with van der Waals surface area (Å²) >= 11 is 0. The minimum absolute atomic E-state index is 0.309. The van der Waals surface area contributed by atoms with Crippen LogP contribution in [0.5, 0.6) is 5.75 Å². The van der Waals surface area contributed by atoms with Gasteiger partial charge in [-0.2, -0.15) is 13.2 Å². The van der Waals surface area contributed by atoms with Gasteiger partial charge >= 0.3 is 14.0 Å². The molecule has 0 saturated heterocycles. The van der Waals surface area contributed by atoms with Crippen LogP contribution in [0.3, 0.4) is 0 Å². The molecule has 19 heavy (non-hydrogen) atoms. The molecule has 0 heterocycles. The molecule has 0 aliphatic heterocycles. The molecule has 0 aromatic heterocycles. The lowest BCUT2D eigenvalue weighted by Gasteiger charge is -2.13. The van der Waals surface area contributed by atoms with E-state index in [0.717, 1.165) is 24.3 Å². The molecule has 11 heteroatoms. The molecule has 1 rings (SSSR count). The first kappa shape index (κ1) is 15.4. The molecule has 7 nitrogen and oxygen atoms in total. The van der Waals surface area contributed by atoms with Crippen LogP contribution in [0.15, 0.2) is 24.3 Å². The molecule has 0 aliphatic carbocycles. The number of hydrogen-bond donors (Lipinski definition) is 1. The Morgan fingerprint density at radius 2 is 1.84 bits per heavy atom. The van der Waals surface area contributed by atoms with Crippen molar-refractivity contribution in [2.75, 3.05) is 6.61 Å². The standard InChI is InChI=1S/C8H7F3NO6P/c9-8(10,11)5-17-19(15,16)18-7-3-1-6(2-4-7)12(13)14/h1-4H,5H2,(H,15,16). The van der Waals surface area contributed by atoms with Crippen LogP contribution in [0.4, 0.5) is 18.9 Å². The van der Waals surface area contributed by atoms with Gasteiger partial charge in [-0.05, 0) is 12.1 Å². The summed E-state index contributed by atoms with van der Waals surface area (Å²) in [5.41, 5.74) is -0.309. The zero-order valence-corrected chi connectivity index (χ0v) is 9.93. The fourth-order valence-electron chi connectivity index (χ4n) is 0.943. The van der Waals surface area contributed by atoms with Gasteiger partial charge in [-0.25, -0.2) is 4.57 Å². The fourth-order valence-corrected chi connectivity index (χ4v) is 1.69. The molecule has 0 aliphatic rings. The number of phosphoric ester groups is 1. The summed E-state index contributed by atoms with van der Waals surface area (Å²) in [5, 5.41) is 10.3. The van der Waals surface area contributed by atoms with E-state index in [4.69, 9.17) is 4.89 Å². The van der Waals surface area contributed by atoms with Crippen molar-refractivity contribution in [1.82, 2.24) is 0 Å². The first-order valence-corrected chi connectivity index (χ1v) is 6.07. The summed E-state index contributed by atoms with van der Waals surface area (Å²) in [7, 11) is -4.94. The second kappa shape index (κ2) is 5.55. The van der Waals surface area contributed by atoms with Crippen molar-refractivity contribution in [2.24, 2.45) is 0 Å². The molecule has 1 atom stereocenters. The maximum atomic E-state index is 11.8. The minimum Gasteiger partial charge on any atom is -0.404 e. The number of nitro groups is 1. The Morgan fingerprint density at radius 3 is 2.26 bits per heavy atom. The number of hydrogen-bond acceptors (Lipinski definition) is 5. The van der Waals surface area contributed by atoms with Crippen LogP contribution in [0, 0.1) is 10.1 Å². The van der Waals surface area contributed by atoms with E-state index in [0.29, 0.717) is 0 Å². The summed E-state index contributed by atoms with van der Waals surface area (Å²) < 4.78 is 54.5. The van der Waals surface area contributed by atoms with Gasteiger partial charge in [0.2, 0.25) is 0 Å². The number of benzene rings is 1.